The van der Waals surface area contributed by atoms with Gasteiger partial charge in [0.05, 0.1) is 7.11 Å². The van der Waals surface area contributed by atoms with Crippen molar-refractivity contribution in [3.8, 4) is 5.75 Å². The first kappa shape index (κ1) is 18.1. The molecule has 0 bridgehead atoms. The van der Waals surface area contributed by atoms with E-state index in [-0.39, 0.29) is 0 Å². The van der Waals surface area contributed by atoms with Gasteiger partial charge in [0.1, 0.15) is 5.75 Å². The highest BCUT2D eigenvalue weighted by atomic mass is 16.5. The van der Waals surface area contributed by atoms with Crippen molar-refractivity contribution in [2.24, 2.45) is 0 Å². The second-order valence-corrected chi connectivity index (χ2v) is 3.41. The predicted octanol–water partition coefficient (Wildman–Crippen LogP) is 2.29. The number of ether oxygens (including phenoxy) is 3. The fourth-order valence-electron chi connectivity index (χ4n) is 0.880. The highest BCUT2D eigenvalue weighted by molar-refractivity contribution is 5.47. The lowest BCUT2D eigenvalue weighted by molar-refractivity contribution is 0.277. The van der Waals surface area contributed by atoms with Crippen molar-refractivity contribution in [2.45, 2.75) is 0 Å². The zero-order chi connectivity index (χ0) is 13.7. The molecule has 0 radical (unpaired) electrons. The minimum absolute atomic E-state index is 0.899. The van der Waals surface area contributed by atoms with Crippen LogP contribution in [0.3, 0.4) is 0 Å². The van der Waals surface area contributed by atoms with Gasteiger partial charge in [0.2, 0.25) is 0 Å². The number of benzene rings is 1. The molecule has 0 fully saturated rings. The van der Waals surface area contributed by atoms with Crippen LogP contribution in [-0.4, -0.2) is 49.6 Å². The first-order valence-electron chi connectivity index (χ1n) is 5.18. The average molecular weight is 243 g/mol. The lowest BCUT2D eigenvalue weighted by Crippen LogP contribution is -2.07. The summed E-state index contributed by atoms with van der Waals surface area (Å²) in [6, 6.07) is 7.96. The Bertz CT molecular complexity index is 245. The number of hydrogen-bond acceptors (Lipinski definition) is 4. The van der Waals surface area contributed by atoms with Crippen molar-refractivity contribution in [1.29, 1.82) is 0 Å². The van der Waals surface area contributed by atoms with E-state index in [9.17, 15) is 0 Å². The van der Waals surface area contributed by atoms with E-state index in [1.165, 1.54) is 5.69 Å². The lowest BCUT2D eigenvalue weighted by Gasteiger charge is -2.11. The summed E-state index contributed by atoms with van der Waals surface area (Å²) in [6.45, 7) is 0. The van der Waals surface area contributed by atoms with Crippen LogP contribution in [0.15, 0.2) is 24.3 Å². The van der Waals surface area contributed by atoms with Crippen LogP contribution in [0.2, 0.25) is 0 Å². The molecule has 0 aliphatic heterocycles. The molecule has 1 rings (SSSR count). The van der Waals surface area contributed by atoms with Crippen LogP contribution in [0.25, 0.3) is 0 Å². The fraction of sp³-hybridized carbons (Fsp3) is 0.538. The Kier molecular flexibility index (Phi) is 13.6. The zero-order valence-corrected chi connectivity index (χ0v) is 12.0. The van der Waals surface area contributed by atoms with Gasteiger partial charge in [0.15, 0.2) is 0 Å². The average Bonchev–Trinajstić information content (AvgIpc) is 2.31. The second-order valence-electron chi connectivity index (χ2n) is 3.41. The van der Waals surface area contributed by atoms with Crippen LogP contribution in [0.4, 0.5) is 5.69 Å². The minimum atomic E-state index is 0.899. The summed E-state index contributed by atoms with van der Waals surface area (Å²) in [5.74, 6) is 0.899. The summed E-state index contributed by atoms with van der Waals surface area (Å²) in [4.78, 5) is 2.06. The minimum Gasteiger partial charge on any atom is -0.497 e. The maximum atomic E-state index is 5.03. The van der Waals surface area contributed by atoms with E-state index in [1.54, 1.807) is 35.5 Å². The van der Waals surface area contributed by atoms with Gasteiger partial charge >= 0.3 is 0 Å². The highest BCUT2D eigenvalue weighted by Gasteiger charge is 1.93. The number of methoxy groups -OCH3 is 3. The topological polar surface area (TPSA) is 30.9 Å². The molecule has 0 unspecified atom stereocenters. The van der Waals surface area contributed by atoms with Crippen molar-refractivity contribution < 1.29 is 14.2 Å². The first-order valence-corrected chi connectivity index (χ1v) is 5.18. The van der Waals surface area contributed by atoms with Crippen LogP contribution < -0.4 is 9.64 Å². The second kappa shape index (κ2) is 12.8. The quantitative estimate of drug-likeness (QED) is 0.797. The van der Waals surface area contributed by atoms with E-state index < -0.39 is 0 Å². The molecule has 4 nitrogen and oxygen atoms in total. The fourth-order valence-corrected chi connectivity index (χ4v) is 0.880. The van der Waals surface area contributed by atoms with Crippen molar-refractivity contribution in [3.63, 3.8) is 0 Å². The number of nitrogens with zero attached hydrogens (tertiary/aromatic N) is 1. The van der Waals surface area contributed by atoms with Gasteiger partial charge in [-0.2, -0.15) is 0 Å². The molecule has 0 aromatic heterocycles. The third kappa shape index (κ3) is 11.0. The zero-order valence-electron chi connectivity index (χ0n) is 12.0. The molecule has 0 aliphatic rings. The number of anilines is 1. The molecule has 4 heteroatoms. The molecule has 0 amide bonds. The van der Waals surface area contributed by atoms with E-state index >= 15 is 0 Å². The van der Waals surface area contributed by atoms with E-state index in [0.29, 0.717) is 0 Å². The molecule has 1 aromatic rings. The van der Waals surface area contributed by atoms with Crippen molar-refractivity contribution in [1.82, 2.24) is 0 Å². The van der Waals surface area contributed by atoms with E-state index in [2.05, 4.69) is 14.4 Å². The van der Waals surface area contributed by atoms with Gasteiger partial charge in [0, 0.05) is 48.2 Å². The van der Waals surface area contributed by atoms with Gasteiger partial charge in [-0.15, -0.1) is 0 Å². The van der Waals surface area contributed by atoms with Crippen LogP contribution >= 0.6 is 0 Å². The SMILES string of the molecule is COC.COC.COc1ccc(N(C)C)cc1. The number of rotatable bonds is 2. The third-order valence-corrected chi connectivity index (χ3v) is 1.59. The van der Waals surface area contributed by atoms with Gasteiger partial charge in [-0.05, 0) is 24.3 Å². The normalized spacial score (nSPS) is 8.18. The summed E-state index contributed by atoms with van der Waals surface area (Å²) >= 11 is 0. The predicted molar refractivity (Wildman–Crippen MR) is 73.2 cm³/mol. The Hall–Kier alpha value is -1.26. The summed E-state index contributed by atoms with van der Waals surface area (Å²) in [5, 5.41) is 0. The molecule has 0 saturated carbocycles. The summed E-state index contributed by atoms with van der Waals surface area (Å²) in [5.41, 5.74) is 1.19. The molecule has 0 spiro atoms. The summed E-state index contributed by atoms with van der Waals surface area (Å²) < 4.78 is 13.5. The van der Waals surface area contributed by atoms with Crippen molar-refractivity contribution in [3.05, 3.63) is 24.3 Å². The highest BCUT2D eigenvalue weighted by Crippen LogP contribution is 2.16. The summed E-state index contributed by atoms with van der Waals surface area (Å²) in [6.07, 6.45) is 0. The van der Waals surface area contributed by atoms with E-state index in [0.717, 1.165) is 5.75 Å². The van der Waals surface area contributed by atoms with Crippen LogP contribution in [0.1, 0.15) is 0 Å². The molecular formula is C13H25NO3. The Labute approximate surface area is 105 Å². The smallest absolute Gasteiger partial charge is 0.119 e. The summed E-state index contributed by atoms with van der Waals surface area (Å²) in [7, 11) is 12.2. The number of hydrogen-bond donors (Lipinski definition) is 0. The maximum absolute atomic E-state index is 5.03. The Morgan fingerprint density at radius 3 is 1.35 bits per heavy atom. The van der Waals surface area contributed by atoms with Crippen molar-refractivity contribution in [2.75, 3.05) is 54.5 Å². The largest absolute Gasteiger partial charge is 0.497 e. The van der Waals surface area contributed by atoms with Gasteiger partial charge in [0.25, 0.3) is 0 Å². The van der Waals surface area contributed by atoms with Gasteiger partial charge < -0.3 is 19.1 Å². The molecule has 100 valence electrons. The monoisotopic (exact) mass is 243 g/mol. The maximum Gasteiger partial charge on any atom is 0.119 e. The molecular weight excluding hydrogens is 218 g/mol. The van der Waals surface area contributed by atoms with Gasteiger partial charge in [-0.1, -0.05) is 0 Å². The van der Waals surface area contributed by atoms with E-state index in [1.807, 2.05) is 38.4 Å². The lowest BCUT2D eigenvalue weighted by atomic mass is 10.3. The van der Waals surface area contributed by atoms with E-state index in [4.69, 9.17) is 4.74 Å². The Morgan fingerprint density at radius 1 is 0.765 bits per heavy atom. The molecule has 0 atom stereocenters. The third-order valence-electron chi connectivity index (χ3n) is 1.59. The molecule has 1 aromatic carbocycles. The molecule has 0 saturated heterocycles. The molecule has 0 heterocycles. The van der Waals surface area contributed by atoms with Gasteiger partial charge in [-0.3, -0.25) is 0 Å². The van der Waals surface area contributed by atoms with Crippen molar-refractivity contribution >= 4 is 5.69 Å². The Balaban J connectivity index is 0. The van der Waals surface area contributed by atoms with Crippen LogP contribution in [-0.2, 0) is 9.47 Å². The van der Waals surface area contributed by atoms with Crippen LogP contribution in [0.5, 0.6) is 5.75 Å². The standard InChI is InChI=1S/C9H13NO.2C2H6O/c1-10(2)8-4-6-9(11-3)7-5-8;2*1-3-2/h4-7H,1-3H3;2*1-2H3. The molecule has 17 heavy (non-hydrogen) atoms. The van der Waals surface area contributed by atoms with Gasteiger partial charge in [-0.25, -0.2) is 0 Å². The Morgan fingerprint density at radius 2 is 1.12 bits per heavy atom. The molecule has 0 aliphatic carbocycles. The van der Waals surface area contributed by atoms with Crippen LogP contribution in [0, 0.1) is 0 Å². The first-order chi connectivity index (χ1) is 8.06. The molecule has 0 N–H and O–H groups in total.